The standard InChI is InChI=1S/C60H65N4O/c1-12-41(13-2)42-19-18-20-46(29-42)63-37-64(63,57-24-17-16-23-56(57)63)47-30-44(59-52(39(5)6)32-43(38(3)4)33-53(59)40(7)8)31-49(35-47)65-48-25-26-51-50-21-14-15-22-54(50)62(55(51)36-48)58-34-45(27-28-61-58)60(9,10)11/h14-41H,12-13H2,1-11H3/q+1/t63-,64?/m0/s1. The maximum atomic E-state index is 7.24. The fourth-order valence-corrected chi connectivity index (χ4v) is 10.9. The van der Waals surface area contributed by atoms with Gasteiger partial charge in [-0.05, 0) is 117 Å². The highest BCUT2D eigenvalue weighted by molar-refractivity contribution is 6.09. The second-order valence-corrected chi connectivity index (χ2v) is 20.6. The third-order valence-electron chi connectivity index (χ3n) is 14.5. The van der Waals surface area contributed by atoms with Gasteiger partial charge in [0, 0.05) is 59.4 Å². The minimum Gasteiger partial charge on any atom is -0.457 e. The van der Waals surface area contributed by atoms with E-state index in [1.807, 2.05) is 6.20 Å². The number of quaternary nitrogens is 2. The number of nitrogens with zero attached hydrogens (tertiary/aromatic N) is 4. The number of hydrogen-bond acceptors (Lipinski definition) is 2. The van der Waals surface area contributed by atoms with E-state index in [2.05, 4.69) is 221 Å². The molecule has 65 heavy (non-hydrogen) atoms. The largest absolute Gasteiger partial charge is 0.457 e. The molecule has 330 valence electrons. The van der Waals surface area contributed by atoms with Gasteiger partial charge < -0.3 is 4.74 Å². The molecule has 10 rings (SSSR count). The highest BCUT2D eigenvalue weighted by atomic mass is 16.5. The van der Waals surface area contributed by atoms with Crippen molar-refractivity contribution in [2.24, 2.45) is 0 Å². The van der Waals surface area contributed by atoms with E-state index in [1.165, 1.54) is 72.5 Å². The van der Waals surface area contributed by atoms with Gasteiger partial charge >= 0.3 is 0 Å². The first kappa shape index (κ1) is 42.9. The van der Waals surface area contributed by atoms with Crippen LogP contribution in [0.1, 0.15) is 140 Å². The van der Waals surface area contributed by atoms with Gasteiger partial charge in [0.25, 0.3) is 0 Å². The Balaban J connectivity index is 1.19. The van der Waals surface area contributed by atoms with Crippen molar-refractivity contribution in [3.05, 3.63) is 174 Å². The Morgan fingerprint density at radius 3 is 1.91 bits per heavy atom. The van der Waals surface area contributed by atoms with Crippen molar-refractivity contribution >= 4 is 44.6 Å². The molecule has 5 heteroatoms. The minimum absolute atomic E-state index is 0.0160. The molecule has 0 bridgehead atoms. The summed E-state index contributed by atoms with van der Waals surface area (Å²) in [6.45, 7) is 27.9. The Bertz CT molecular complexity index is 3100. The van der Waals surface area contributed by atoms with Crippen LogP contribution in [-0.4, -0.2) is 9.55 Å². The molecule has 0 spiro atoms. The van der Waals surface area contributed by atoms with Crippen LogP contribution in [0.4, 0.5) is 22.7 Å². The average molecular weight is 858 g/mol. The summed E-state index contributed by atoms with van der Waals surface area (Å²) < 4.78 is 10.8. The molecule has 0 saturated carbocycles. The molecule has 1 fully saturated rings. The van der Waals surface area contributed by atoms with Crippen LogP contribution >= 0.6 is 0 Å². The van der Waals surface area contributed by atoms with Gasteiger partial charge in [0.15, 0.2) is 18.0 Å². The molecule has 2 atom stereocenters. The number of pyridine rings is 1. The zero-order valence-corrected chi connectivity index (χ0v) is 40.3. The van der Waals surface area contributed by atoms with Gasteiger partial charge in [0.1, 0.15) is 17.3 Å². The summed E-state index contributed by atoms with van der Waals surface area (Å²) in [5.41, 5.74) is 16.7. The number of benzene rings is 6. The van der Waals surface area contributed by atoms with Gasteiger partial charge in [-0.3, -0.25) is 4.57 Å². The summed E-state index contributed by atoms with van der Waals surface area (Å²) in [5, 5.41) is 2.37. The fraction of sp³-hybridized carbons (Fsp3) is 0.300. The number of fused-ring (bicyclic) bond motifs is 7. The molecule has 2 aromatic heterocycles. The average Bonchev–Trinajstić information content (AvgIpc) is 3.79. The van der Waals surface area contributed by atoms with Gasteiger partial charge in [0.2, 0.25) is 11.4 Å². The Labute approximate surface area is 387 Å². The number of ether oxygens (including phenoxy) is 1. The van der Waals surface area contributed by atoms with E-state index in [4.69, 9.17) is 9.72 Å². The molecule has 2 aliphatic rings. The van der Waals surface area contributed by atoms with E-state index in [0.29, 0.717) is 32.9 Å². The van der Waals surface area contributed by atoms with E-state index in [1.54, 1.807) is 0 Å². The fourth-order valence-electron chi connectivity index (χ4n) is 10.9. The van der Waals surface area contributed by atoms with E-state index in [0.717, 1.165) is 41.2 Å². The van der Waals surface area contributed by atoms with E-state index >= 15 is 0 Å². The number of para-hydroxylation sites is 3. The molecular weight excluding hydrogens is 793 g/mol. The lowest BCUT2D eigenvalue weighted by Crippen LogP contribution is -2.46. The Kier molecular flexibility index (Phi) is 10.5. The zero-order valence-electron chi connectivity index (χ0n) is 40.3. The van der Waals surface area contributed by atoms with E-state index in [-0.39, 0.29) is 5.41 Å². The SMILES string of the molecule is CCC(CC)c1cccc([N@+]23[CH-][N+]2(c2cc(Oc4ccc5c6ccccc6n(-c6cc(C(C)(C)C)ccn6)c5c4)cc(-c4c(C(C)C)cc(C(C)C)cc4C(C)C)c2)c2ccccc23)c1. The molecule has 0 radical (unpaired) electrons. The highest BCUT2D eigenvalue weighted by Crippen LogP contribution is 2.75. The van der Waals surface area contributed by atoms with Gasteiger partial charge in [-0.25, -0.2) is 4.98 Å². The third-order valence-corrected chi connectivity index (χ3v) is 14.5. The Morgan fingerprint density at radius 2 is 1.25 bits per heavy atom. The summed E-state index contributed by atoms with van der Waals surface area (Å²) in [7, 11) is 0. The van der Waals surface area contributed by atoms with Gasteiger partial charge in [0.05, 0.1) is 11.0 Å². The summed E-state index contributed by atoms with van der Waals surface area (Å²) >= 11 is 0. The van der Waals surface area contributed by atoms with Crippen molar-refractivity contribution in [3.63, 3.8) is 0 Å². The first-order valence-corrected chi connectivity index (χ1v) is 24.1. The lowest BCUT2D eigenvalue weighted by Gasteiger charge is -2.40. The minimum atomic E-state index is -0.0160. The van der Waals surface area contributed by atoms with Crippen LogP contribution in [0.3, 0.4) is 0 Å². The van der Waals surface area contributed by atoms with E-state index in [9.17, 15) is 0 Å². The van der Waals surface area contributed by atoms with Crippen LogP contribution in [0.2, 0.25) is 0 Å². The Hall–Kier alpha value is -6.01. The van der Waals surface area contributed by atoms with Crippen molar-refractivity contribution in [3.8, 4) is 28.4 Å². The van der Waals surface area contributed by atoms with Crippen molar-refractivity contribution in [2.45, 2.75) is 118 Å². The topological polar surface area (TPSA) is 27.1 Å². The predicted molar refractivity (Wildman–Crippen MR) is 275 cm³/mol. The molecule has 1 saturated heterocycles. The molecule has 6 aromatic carbocycles. The van der Waals surface area contributed by atoms with Crippen LogP contribution in [0.15, 0.2) is 140 Å². The second kappa shape index (κ2) is 15.9. The zero-order chi connectivity index (χ0) is 45.6. The van der Waals surface area contributed by atoms with Crippen LogP contribution in [0.5, 0.6) is 11.5 Å². The third kappa shape index (κ3) is 6.76. The predicted octanol–water partition coefficient (Wildman–Crippen LogP) is 17.5. The molecule has 0 amide bonds. The van der Waals surface area contributed by atoms with Crippen molar-refractivity contribution < 1.29 is 4.74 Å². The summed E-state index contributed by atoms with van der Waals surface area (Å²) in [6, 6.07) is 50.1. The molecule has 8 aromatic rings. The smallest absolute Gasteiger partial charge is 0.225 e. The first-order valence-electron chi connectivity index (χ1n) is 24.1. The summed E-state index contributed by atoms with van der Waals surface area (Å²) in [6.07, 6.45) is 4.20. The van der Waals surface area contributed by atoms with Crippen molar-refractivity contribution in [1.29, 1.82) is 0 Å². The molecule has 5 nitrogen and oxygen atoms in total. The van der Waals surface area contributed by atoms with Gasteiger partial charge in [-0.2, -0.15) is 9.18 Å². The Morgan fingerprint density at radius 1 is 0.585 bits per heavy atom. The highest BCUT2D eigenvalue weighted by Gasteiger charge is 2.78. The number of aromatic nitrogens is 2. The van der Waals surface area contributed by atoms with Gasteiger partial charge in [-0.15, -0.1) is 0 Å². The number of hydrogen-bond donors (Lipinski definition) is 0. The lowest BCUT2D eigenvalue weighted by molar-refractivity contribution is 0.423. The maximum absolute atomic E-state index is 7.24. The molecule has 0 aliphatic carbocycles. The molecular formula is C60H65N4O+. The summed E-state index contributed by atoms with van der Waals surface area (Å²) in [4.78, 5) is 4.96. The monoisotopic (exact) mass is 858 g/mol. The first-order chi connectivity index (χ1) is 31.2. The van der Waals surface area contributed by atoms with Gasteiger partial charge in [-0.1, -0.05) is 131 Å². The molecule has 2 aliphatic heterocycles. The van der Waals surface area contributed by atoms with Crippen LogP contribution in [-0.2, 0) is 5.41 Å². The molecule has 4 heterocycles. The normalized spacial score (nSPS) is 17.9. The quantitative estimate of drug-likeness (QED) is 0.0695. The van der Waals surface area contributed by atoms with Crippen LogP contribution < -0.4 is 13.9 Å². The maximum Gasteiger partial charge on any atom is 0.225 e. The molecule has 0 N–H and O–H groups in total. The van der Waals surface area contributed by atoms with Crippen LogP contribution in [0.25, 0.3) is 38.8 Å². The van der Waals surface area contributed by atoms with E-state index < -0.39 is 0 Å². The second-order valence-electron chi connectivity index (χ2n) is 20.6. The lowest BCUT2D eigenvalue weighted by atomic mass is 9.81. The van der Waals surface area contributed by atoms with Crippen molar-refractivity contribution in [2.75, 3.05) is 0 Å². The van der Waals surface area contributed by atoms with Crippen LogP contribution in [0, 0.1) is 6.67 Å². The van der Waals surface area contributed by atoms with Crippen molar-refractivity contribution in [1.82, 2.24) is 18.7 Å². The summed E-state index contributed by atoms with van der Waals surface area (Å²) in [5.74, 6) is 4.14. The molecule has 1 unspecified atom stereocenters. The number of rotatable bonds is 12.